The number of piperazine rings is 1. The van der Waals surface area contributed by atoms with Crippen molar-refractivity contribution in [1.82, 2.24) is 9.71 Å². The molecule has 0 saturated carbocycles. The van der Waals surface area contributed by atoms with E-state index in [0.717, 1.165) is 32.7 Å². The van der Waals surface area contributed by atoms with Crippen LogP contribution in [0.3, 0.4) is 0 Å². The minimum atomic E-state index is -0.381. The van der Waals surface area contributed by atoms with E-state index in [0.29, 0.717) is 5.56 Å². The SMILES string of the molecule is CCC.[B]N1CCN(Cc2ccc(C(N)=O)cc2)CC1. The molecular formula is C15H24BN3O. The molecule has 0 atom stereocenters. The van der Waals surface area contributed by atoms with Crippen molar-refractivity contribution in [2.45, 2.75) is 26.8 Å². The first kappa shape index (κ1) is 16.7. The van der Waals surface area contributed by atoms with Gasteiger partial charge in [-0.05, 0) is 30.8 Å². The number of hydrogen-bond donors (Lipinski definition) is 1. The number of nitrogens with zero attached hydrogens (tertiary/aromatic N) is 2. The number of carbonyl (C=O) groups is 1. The smallest absolute Gasteiger partial charge is 0.248 e. The molecule has 1 saturated heterocycles. The van der Waals surface area contributed by atoms with E-state index in [1.54, 1.807) is 12.1 Å². The largest absolute Gasteiger partial charge is 0.366 e. The molecule has 1 amide bonds. The van der Waals surface area contributed by atoms with Crippen molar-refractivity contribution in [3.63, 3.8) is 0 Å². The molecule has 1 aliphatic rings. The fraction of sp³-hybridized carbons (Fsp3) is 0.533. The molecule has 108 valence electrons. The second-order valence-electron chi connectivity index (χ2n) is 5.08. The predicted octanol–water partition coefficient (Wildman–Crippen LogP) is 1.40. The average molecular weight is 273 g/mol. The Bertz CT molecular complexity index is 400. The first-order valence-corrected chi connectivity index (χ1v) is 7.17. The monoisotopic (exact) mass is 273 g/mol. The summed E-state index contributed by atoms with van der Waals surface area (Å²) in [5.41, 5.74) is 6.95. The fourth-order valence-electron chi connectivity index (χ4n) is 1.95. The van der Waals surface area contributed by atoms with Crippen LogP contribution >= 0.6 is 0 Å². The molecule has 1 heterocycles. The van der Waals surface area contributed by atoms with Gasteiger partial charge >= 0.3 is 0 Å². The zero-order chi connectivity index (χ0) is 15.0. The molecule has 1 aromatic carbocycles. The average Bonchev–Trinajstić information content (AvgIpc) is 2.43. The summed E-state index contributed by atoms with van der Waals surface area (Å²) in [5.74, 6) is -0.381. The molecule has 2 rings (SSSR count). The van der Waals surface area contributed by atoms with E-state index in [2.05, 4.69) is 18.7 Å². The van der Waals surface area contributed by atoms with E-state index in [1.807, 2.05) is 16.9 Å². The highest BCUT2D eigenvalue weighted by Gasteiger charge is 2.13. The molecule has 5 heteroatoms. The van der Waals surface area contributed by atoms with E-state index >= 15 is 0 Å². The molecule has 4 nitrogen and oxygen atoms in total. The molecule has 0 aliphatic carbocycles. The summed E-state index contributed by atoms with van der Waals surface area (Å²) >= 11 is 0. The van der Waals surface area contributed by atoms with Crippen LogP contribution in [0, 0.1) is 0 Å². The molecule has 1 aliphatic heterocycles. The van der Waals surface area contributed by atoms with Crippen LogP contribution in [0.25, 0.3) is 0 Å². The fourth-order valence-corrected chi connectivity index (χ4v) is 1.95. The van der Waals surface area contributed by atoms with Gasteiger partial charge in [-0.3, -0.25) is 9.69 Å². The summed E-state index contributed by atoms with van der Waals surface area (Å²) < 4.78 is 0. The Labute approximate surface area is 123 Å². The minimum absolute atomic E-state index is 0.381. The van der Waals surface area contributed by atoms with Gasteiger partial charge in [0.2, 0.25) is 5.91 Å². The zero-order valence-corrected chi connectivity index (χ0v) is 12.5. The van der Waals surface area contributed by atoms with Crippen LogP contribution < -0.4 is 5.73 Å². The highest BCUT2D eigenvalue weighted by Crippen LogP contribution is 2.09. The van der Waals surface area contributed by atoms with E-state index in [1.165, 1.54) is 12.0 Å². The van der Waals surface area contributed by atoms with Crippen LogP contribution in [0.1, 0.15) is 36.2 Å². The number of primary amides is 1. The number of rotatable bonds is 3. The maximum absolute atomic E-state index is 10.9. The van der Waals surface area contributed by atoms with Gasteiger partial charge in [-0.1, -0.05) is 32.4 Å². The zero-order valence-electron chi connectivity index (χ0n) is 12.5. The van der Waals surface area contributed by atoms with Crippen LogP contribution in [0.2, 0.25) is 0 Å². The second kappa shape index (κ2) is 8.77. The molecule has 0 spiro atoms. The number of carbonyl (C=O) groups excluding carboxylic acids is 1. The first-order valence-electron chi connectivity index (χ1n) is 7.17. The Morgan fingerprint density at radius 3 is 2.10 bits per heavy atom. The summed E-state index contributed by atoms with van der Waals surface area (Å²) in [4.78, 5) is 15.1. The standard InChI is InChI=1S/C12H16BN3O.C3H8/c13-16-7-5-15(6-8-16)9-10-1-3-11(4-2-10)12(14)17;1-3-2/h1-4H,5-9H2,(H2,14,17);3H2,1-2H3. The van der Waals surface area contributed by atoms with Crippen LogP contribution in [0.15, 0.2) is 24.3 Å². The van der Waals surface area contributed by atoms with Gasteiger partial charge in [0.05, 0.1) is 0 Å². The molecule has 0 bridgehead atoms. The highest BCUT2D eigenvalue weighted by atomic mass is 16.1. The van der Waals surface area contributed by atoms with E-state index in [9.17, 15) is 4.79 Å². The molecule has 0 aromatic heterocycles. The van der Waals surface area contributed by atoms with E-state index < -0.39 is 0 Å². The first-order chi connectivity index (χ1) is 9.56. The number of nitrogens with two attached hydrogens (primary N) is 1. The number of hydrogen-bond acceptors (Lipinski definition) is 3. The van der Waals surface area contributed by atoms with Gasteiger partial charge in [0.1, 0.15) is 0 Å². The quantitative estimate of drug-likeness (QED) is 0.847. The van der Waals surface area contributed by atoms with Crippen molar-refractivity contribution >= 4 is 13.9 Å². The summed E-state index contributed by atoms with van der Waals surface area (Å²) in [7, 11) is 5.70. The third-order valence-corrected chi connectivity index (χ3v) is 3.05. The van der Waals surface area contributed by atoms with Crippen molar-refractivity contribution in [2.24, 2.45) is 5.73 Å². The Hall–Kier alpha value is -1.33. The van der Waals surface area contributed by atoms with Crippen molar-refractivity contribution in [3.8, 4) is 0 Å². The minimum Gasteiger partial charge on any atom is -0.366 e. The lowest BCUT2D eigenvalue weighted by molar-refractivity contribution is 0.100. The Balaban J connectivity index is 0.000000612. The predicted molar refractivity (Wildman–Crippen MR) is 83.5 cm³/mol. The molecule has 20 heavy (non-hydrogen) atoms. The molecule has 2 N–H and O–H groups in total. The number of benzene rings is 1. The third kappa shape index (κ3) is 5.76. The van der Waals surface area contributed by atoms with Crippen LogP contribution in [0.5, 0.6) is 0 Å². The van der Waals surface area contributed by atoms with Gasteiger partial charge < -0.3 is 10.5 Å². The molecule has 0 unspecified atom stereocenters. The third-order valence-electron chi connectivity index (χ3n) is 3.05. The second-order valence-corrected chi connectivity index (χ2v) is 5.08. The normalized spacial score (nSPS) is 16.3. The van der Waals surface area contributed by atoms with Gasteiger partial charge in [0.25, 0.3) is 0 Å². The van der Waals surface area contributed by atoms with Crippen LogP contribution in [-0.2, 0) is 6.54 Å². The summed E-state index contributed by atoms with van der Waals surface area (Å²) in [5, 5.41) is 0. The van der Waals surface area contributed by atoms with E-state index in [4.69, 9.17) is 13.7 Å². The molecule has 1 aromatic rings. The number of amides is 1. The summed E-state index contributed by atoms with van der Waals surface area (Å²) in [6.07, 6.45) is 1.25. The van der Waals surface area contributed by atoms with Crippen molar-refractivity contribution < 1.29 is 4.79 Å². The Morgan fingerprint density at radius 1 is 1.15 bits per heavy atom. The molecule has 1 fully saturated rings. The Morgan fingerprint density at radius 2 is 1.65 bits per heavy atom. The highest BCUT2D eigenvalue weighted by molar-refractivity contribution is 6.04. The topological polar surface area (TPSA) is 49.6 Å². The molecular weight excluding hydrogens is 249 g/mol. The van der Waals surface area contributed by atoms with Gasteiger partial charge in [0.15, 0.2) is 7.98 Å². The van der Waals surface area contributed by atoms with Crippen molar-refractivity contribution in [1.29, 1.82) is 0 Å². The van der Waals surface area contributed by atoms with E-state index in [-0.39, 0.29) is 5.91 Å². The maximum Gasteiger partial charge on any atom is 0.248 e. The lowest BCUT2D eigenvalue weighted by Crippen LogP contribution is -2.44. The van der Waals surface area contributed by atoms with Gasteiger partial charge in [0, 0.05) is 25.2 Å². The van der Waals surface area contributed by atoms with Gasteiger partial charge in [-0.15, -0.1) is 0 Å². The Kier molecular flexibility index (Phi) is 7.33. The van der Waals surface area contributed by atoms with Crippen LogP contribution in [0.4, 0.5) is 0 Å². The summed E-state index contributed by atoms with van der Waals surface area (Å²) in [6, 6.07) is 7.46. The van der Waals surface area contributed by atoms with Gasteiger partial charge in [-0.2, -0.15) is 0 Å². The van der Waals surface area contributed by atoms with Crippen molar-refractivity contribution in [2.75, 3.05) is 26.2 Å². The summed E-state index contributed by atoms with van der Waals surface area (Å²) in [6.45, 7) is 8.91. The van der Waals surface area contributed by atoms with Crippen LogP contribution in [-0.4, -0.2) is 49.8 Å². The lowest BCUT2D eigenvalue weighted by atomic mass is 10.1. The van der Waals surface area contributed by atoms with Crippen molar-refractivity contribution in [3.05, 3.63) is 35.4 Å². The van der Waals surface area contributed by atoms with Gasteiger partial charge in [-0.25, -0.2) is 0 Å². The molecule has 2 radical (unpaired) electrons. The maximum atomic E-state index is 10.9. The lowest BCUT2D eigenvalue weighted by Gasteiger charge is -2.32.